The van der Waals surface area contributed by atoms with Crippen molar-refractivity contribution in [1.82, 2.24) is 0 Å². The zero-order valence-corrected chi connectivity index (χ0v) is 4.76. The van der Waals surface area contributed by atoms with Crippen LogP contribution in [-0.2, 0) is 4.79 Å². The summed E-state index contributed by atoms with van der Waals surface area (Å²) in [6.07, 6.45) is 0. The molecule has 0 rings (SSSR count). The summed E-state index contributed by atoms with van der Waals surface area (Å²) in [4.78, 5) is 9.24. The summed E-state index contributed by atoms with van der Waals surface area (Å²) < 4.78 is 0. The molecular formula is C2H6BrNO2. The van der Waals surface area contributed by atoms with E-state index in [4.69, 9.17) is 5.11 Å². The summed E-state index contributed by atoms with van der Waals surface area (Å²) in [5, 5.41) is 7.60. The Kier molecular flexibility index (Phi) is 7.63. The number of carbonyl (C=O) groups is 1. The molecule has 0 saturated heterocycles. The normalized spacial score (nSPS) is 6.17. The Morgan fingerprint density at radius 2 is 2.00 bits per heavy atom. The SMILES string of the molecule is Br.NCC(=O)O. The van der Waals surface area contributed by atoms with Gasteiger partial charge in [0, 0.05) is 0 Å². The van der Waals surface area contributed by atoms with E-state index < -0.39 is 5.97 Å². The lowest BCUT2D eigenvalue weighted by atomic mass is 10.7. The van der Waals surface area contributed by atoms with Crippen LogP contribution >= 0.6 is 17.0 Å². The first-order valence-corrected chi connectivity index (χ1v) is 1.19. The van der Waals surface area contributed by atoms with Crippen LogP contribution in [0.3, 0.4) is 0 Å². The number of aliphatic carboxylic acids is 1. The number of hydrogen-bond donors (Lipinski definition) is 2. The molecule has 3 N–H and O–H groups in total. The van der Waals surface area contributed by atoms with Crippen molar-refractivity contribution in [3.8, 4) is 0 Å². The highest BCUT2D eigenvalue weighted by Gasteiger charge is 1.81. The van der Waals surface area contributed by atoms with Gasteiger partial charge in [-0.05, 0) is 0 Å². The molecule has 0 atom stereocenters. The molecule has 0 aliphatic rings. The van der Waals surface area contributed by atoms with E-state index in [9.17, 15) is 4.79 Å². The quantitative estimate of drug-likeness (QED) is 0.543. The highest BCUT2D eigenvalue weighted by atomic mass is 79.9. The fourth-order valence-electron chi connectivity index (χ4n) is 0. The molecule has 0 spiro atoms. The third-order valence-electron chi connectivity index (χ3n) is 0.175. The topological polar surface area (TPSA) is 63.3 Å². The Bertz CT molecular complexity index is 46.8. The van der Waals surface area contributed by atoms with Crippen LogP contribution in [0.2, 0.25) is 0 Å². The zero-order chi connectivity index (χ0) is 4.28. The first-order valence-electron chi connectivity index (χ1n) is 1.19. The highest BCUT2D eigenvalue weighted by Crippen LogP contribution is 1.43. The van der Waals surface area contributed by atoms with Gasteiger partial charge in [0.05, 0.1) is 6.54 Å². The van der Waals surface area contributed by atoms with Crippen molar-refractivity contribution < 1.29 is 9.90 Å². The van der Waals surface area contributed by atoms with Gasteiger partial charge in [-0.25, -0.2) is 0 Å². The second kappa shape index (κ2) is 4.91. The Morgan fingerprint density at radius 1 is 1.83 bits per heavy atom. The molecule has 0 heterocycles. The smallest absolute Gasteiger partial charge is 0.317 e. The molecule has 0 aromatic heterocycles. The third-order valence-corrected chi connectivity index (χ3v) is 0.175. The summed E-state index contributed by atoms with van der Waals surface area (Å²) in [6.45, 7) is -0.278. The van der Waals surface area contributed by atoms with Gasteiger partial charge in [0.1, 0.15) is 0 Å². The first kappa shape index (κ1) is 9.32. The van der Waals surface area contributed by atoms with Crippen LogP contribution in [0.4, 0.5) is 0 Å². The molecule has 0 saturated carbocycles. The minimum Gasteiger partial charge on any atom is -0.480 e. The van der Waals surface area contributed by atoms with E-state index in [1.165, 1.54) is 0 Å². The van der Waals surface area contributed by atoms with E-state index in [-0.39, 0.29) is 23.5 Å². The summed E-state index contributed by atoms with van der Waals surface area (Å²) in [5.74, 6) is -0.968. The van der Waals surface area contributed by atoms with Gasteiger partial charge in [-0.1, -0.05) is 0 Å². The first-order chi connectivity index (χ1) is 2.27. The van der Waals surface area contributed by atoms with Crippen molar-refractivity contribution in [2.24, 2.45) is 5.73 Å². The molecule has 6 heavy (non-hydrogen) atoms. The van der Waals surface area contributed by atoms with Gasteiger partial charge in [0.15, 0.2) is 0 Å². The predicted octanol–water partition coefficient (Wildman–Crippen LogP) is -0.392. The summed E-state index contributed by atoms with van der Waals surface area (Å²) in [5.41, 5.74) is 4.57. The molecule has 0 bridgehead atoms. The van der Waals surface area contributed by atoms with Crippen LogP contribution < -0.4 is 5.73 Å². The molecule has 0 aromatic carbocycles. The second-order valence-electron chi connectivity index (χ2n) is 0.598. The molecule has 0 aliphatic heterocycles. The minimum absolute atomic E-state index is 0. The van der Waals surface area contributed by atoms with Gasteiger partial charge < -0.3 is 10.8 Å². The molecule has 0 unspecified atom stereocenters. The molecule has 0 aliphatic carbocycles. The van der Waals surface area contributed by atoms with Crippen LogP contribution in [0.15, 0.2) is 0 Å². The Morgan fingerprint density at radius 3 is 2.00 bits per heavy atom. The van der Waals surface area contributed by atoms with Gasteiger partial charge in [-0.3, -0.25) is 4.79 Å². The van der Waals surface area contributed by atoms with E-state index in [1.54, 1.807) is 0 Å². The average molecular weight is 156 g/mol. The monoisotopic (exact) mass is 155 g/mol. The maximum absolute atomic E-state index is 9.24. The van der Waals surface area contributed by atoms with Crippen molar-refractivity contribution >= 4 is 23.0 Å². The number of halogens is 1. The molecule has 3 nitrogen and oxygen atoms in total. The van der Waals surface area contributed by atoms with E-state index in [2.05, 4.69) is 5.73 Å². The standard InChI is InChI=1S/C2H5NO2.BrH/c3-1-2(4)5;/h1,3H2,(H,4,5);1H. The Labute approximate surface area is 45.9 Å². The van der Waals surface area contributed by atoms with Crippen molar-refractivity contribution in [3.63, 3.8) is 0 Å². The Hall–Kier alpha value is -0.0900. The van der Waals surface area contributed by atoms with Crippen molar-refractivity contribution in [2.45, 2.75) is 0 Å². The summed E-state index contributed by atoms with van der Waals surface area (Å²) in [6, 6.07) is 0. The molecular weight excluding hydrogens is 150 g/mol. The molecule has 4 heteroatoms. The van der Waals surface area contributed by atoms with Gasteiger partial charge >= 0.3 is 5.97 Å². The number of hydrogen-bond acceptors (Lipinski definition) is 2. The highest BCUT2D eigenvalue weighted by molar-refractivity contribution is 8.93. The number of rotatable bonds is 1. The predicted molar refractivity (Wildman–Crippen MR) is 27.0 cm³/mol. The van der Waals surface area contributed by atoms with Gasteiger partial charge in [-0.15, -0.1) is 17.0 Å². The van der Waals surface area contributed by atoms with E-state index >= 15 is 0 Å². The van der Waals surface area contributed by atoms with Crippen molar-refractivity contribution in [2.75, 3.05) is 6.54 Å². The molecule has 0 aromatic rings. The lowest BCUT2D eigenvalue weighted by molar-refractivity contribution is -0.135. The van der Waals surface area contributed by atoms with Crippen molar-refractivity contribution in [3.05, 3.63) is 0 Å². The summed E-state index contributed by atoms with van der Waals surface area (Å²) in [7, 11) is 0. The second-order valence-corrected chi connectivity index (χ2v) is 0.598. The van der Waals surface area contributed by atoms with Gasteiger partial charge in [-0.2, -0.15) is 0 Å². The summed E-state index contributed by atoms with van der Waals surface area (Å²) >= 11 is 0. The lowest BCUT2D eigenvalue weighted by Gasteiger charge is -1.73. The maximum atomic E-state index is 9.24. The van der Waals surface area contributed by atoms with Gasteiger partial charge in [0.2, 0.25) is 0 Å². The number of nitrogens with two attached hydrogens (primary N) is 1. The molecule has 0 fully saturated rings. The largest absolute Gasteiger partial charge is 0.480 e. The van der Waals surface area contributed by atoms with Crippen LogP contribution in [0, 0.1) is 0 Å². The fraction of sp³-hybridized carbons (Fsp3) is 0.500. The minimum atomic E-state index is -0.968. The molecule has 0 radical (unpaired) electrons. The number of carboxylic acids is 1. The third kappa shape index (κ3) is 9.08. The Balaban J connectivity index is 0. The van der Waals surface area contributed by atoms with E-state index in [0.29, 0.717) is 0 Å². The van der Waals surface area contributed by atoms with Crippen molar-refractivity contribution in [1.29, 1.82) is 0 Å². The zero-order valence-electron chi connectivity index (χ0n) is 3.05. The van der Waals surface area contributed by atoms with E-state index in [1.807, 2.05) is 0 Å². The van der Waals surface area contributed by atoms with Crippen LogP contribution in [0.1, 0.15) is 0 Å². The van der Waals surface area contributed by atoms with Gasteiger partial charge in [0.25, 0.3) is 0 Å². The molecule has 0 amide bonds. The average Bonchev–Trinajstić information content (AvgIpc) is 1.38. The van der Waals surface area contributed by atoms with Crippen LogP contribution in [0.25, 0.3) is 0 Å². The fourth-order valence-corrected chi connectivity index (χ4v) is 0. The maximum Gasteiger partial charge on any atom is 0.317 e. The lowest BCUT2D eigenvalue weighted by Crippen LogP contribution is -2.10. The van der Waals surface area contributed by atoms with Crippen LogP contribution in [0.5, 0.6) is 0 Å². The van der Waals surface area contributed by atoms with Crippen LogP contribution in [-0.4, -0.2) is 17.6 Å². The van der Waals surface area contributed by atoms with E-state index in [0.717, 1.165) is 0 Å². The molecule has 38 valence electrons. The number of carboxylic acid groups (broad SMARTS) is 1.